The van der Waals surface area contributed by atoms with Gasteiger partial charge >= 0.3 is 0 Å². The van der Waals surface area contributed by atoms with Gasteiger partial charge in [0.25, 0.3) is 0 Å². The number of thioether (sulfide) groups is 1. The van der Waals surface area contributed by atoms with Crippen molar-refractivity contribution in [1.29, 1.82) is 0 Å². The molecule has 1 aromatic heterocycles. The van der Waals surface area contributed by atoms with Crippen LogP contribution in [0.1, 0.15) is 6.92 Å². The maximum Gasteiger partial charge on any atom is 0.237 e. The Bertz CT molecular complexity index is 849. The van der Waals surface area contributed by atoms with E-state index in [2.05, 4.69) is 10.3 Å². The van der Waals surface area contributed by atoms with Crippen molar-refractivity contribution < 1.29 is 9.53 Å². The summed E-state index contributed by atoms with van der Waals surface area (Å²) in [6, 6.07) is 13.1. The van der Waals surface area contributed by atoms with Gasteiger partial charge < -0.3 is 10.1 Å². The number of rotatable bonds is 5. The number of halogens is 1. The zero-order chi connectivity index (χ0) is 17.1. The molecule has 0 aliphatic rings. The molecule has 0 radical (unpaired) electrons. The van der Waals surface area contributed by atoms with Crippen molar-refractivity contribution in [2.45, 2.75) is 16.5 Å². The van der Waals surface area contributed by atoms with Crippen LogP contribution in [-0.2, 0) is 4.79 Å². The monoisotopic (exact) mass is 378 g/mol. The number of fused-ring (bicyclic) bond motifs is 1. The third-order valence-electron chi connectivity index (χ3n) is 3.34. The second-order valence-corrected chi connectivity index (χ2v) is 8.10. The topological polar surface area (TPSA) is 51.2 Å². The first-order valence-electron chi connectivity index (χ1n) is 7.23. The quantitative estimate of drug-likeness (QED) is 0.629. The number of amides is 1. The maximum atomic E-state index is 12.5. The van der Waals surface area contributed by atoms with Crippen LogP contribution in [0.3, 0.4) is 0 Å². The molecule has 7 heteroatoms. The largest absolute Gasteiger partial charge is 0.495 e. The van der Waals surface area contributed by atoms with Crippen molar-refractivity contribution in [3.05, 3.63) is 47.5 Å². The molecule has 124 valence electrons. The van der Waals surface area contributed by atoms with Crippen LogP contribution in [0, 0.1) is 0 Å². The number of anilines is 1. The molecule has 4 nitrogen and oxygen atoms in total. The minimum atomic E-state index is -0.297. The highest BCUT2D eigenvalue weighted by atomic mass is 35.5. The lowest BCUT2D eigenvalue weighted by molar-refractivity contribution is -0.115. The summed E-state index contributed by atoms with van der Waals surface area (Å²) in [4.78, 5) is 17.0. The first-order chi connectivity index (χ1) is 11.6. The number of benzene rings is 2. The molecule has 0 aliphatic heterocycles. The molecule has 24 heavy (non-hydrogen) atoms. The summed E-state index contributed by atoms with van der Waals surface area (Å²) >= 11 is 9.01. The van der Waals surface area contributed by atoms with Crippen LogP contribution in [-0.4, -0.2) is 23.3 Å². The maximum absolute atomic E-state index is 12.5. The van der Waals surface area contributed by atoms with E-state index in [-0.39, 0.29) is 11.2 Å². The highest BCUT2D eigenvalue weighted by Gasteiger charge is 2.18. The Hall–Kier alpha value is -1.76. The molecule has 0 aliphatic carbocycles. The van der Waals surface area contributed by atoms with E-state index >= 15 is 0 Å². The van der Waals surface area contributed by atoms with Crippen LogP contribution in [0.2, 0.25) is 5.02 Å². The number of aromatic nitrogens is 1. The second-order valence-electron chi connectivity index (χ2n) is 5.04. The third kappa shape index (κ3) is 3.83. The standard InChI is InChI=1S/C17H15ClN2O2S2/c1-10(23-17-20-12-5-3-4-6-15(12)24-17)16(21)19-13-9-11(18)7-8-14(13)22-2/h3-10H,1-2H3,(H,19,21). The van der Waals surface area contributed by atoms with E-state index in [0.717, 1.165) is 14.6 Å². The van der Waals surface area contributed by atoms with Crippen LogP contribution in [0.25, 0.3) is 10.2 Å². The van der Waals surface area contributed by atoms with Gasteiger partial charge in [-0.3, -0.25) is 4.79 Å². The Morgan fingerprint density at radius 3 is 2.88 bits per heavy atom. The van der Waals surface area contributed by atoms with Gasteiger partial charge in [0.2, 0.25) is 5.91 Å². The summed E-state index contributed by atoms with van der Waals surface area (Å²) in [6.45, 7) is 1.85. The van der Waals surface area contributed by atoms with Gasteiger partial charge in [0, 0.05) is 5.02 Å². The SMILES string of the molecule is COc1ccc(Cl)cc1NC(=O)C(C)Sc1nc2ccccc2s1. The van der Waals surface area contributed by atoms with Gasteiger partial charge in [0.15, 0.2) is 4.34 Å². The molecular formula is C17H15ClN2O2S2. The molecule has 1 N–H and O–H groups in total. The van der Waals surface area contributed by atoms with Crippen molar-refractivity contribution >= 4 is 56.5 Å². The highest BCUT2D eigenvalue weighted by Crippen LogP contribution is 2.33. The Labute approximate surface area is 153 Å². The number of hydrogen-bond acceptors (Lipinski definition) is 5. The molecule has 3 aromatic rings. The zero-order valence-corrected chi connectivity index (χ0v) is 15.5. The van der Waals surface area contributed by atoms with Gasteiger partial charge in [-0.05, 0) is 37.3 Å². The van der Waals surface area contributed by atoms with E-state index in [0.29, 0.717) is 16.5 Å². The number of thiazole rings is 1. The Morgan fingerprint density at radius 2 is 2.12 bits per heavy atom. The lowest BCUT2D eigenvalue weighted by Crippen LogP contribution is -2.22. The average Bonchev–Trinajstić information content (AvgIpc) is 2.97. The van der Waals surface area contributed by atoms with Gasteiger partial charge in [-0.1, -0.05) is 35.5 Å². The van der Waals surface area contributed by atoms with Crippen LogP contribution in [0.4, 0.5) is 5.69 Å². The molecule has 0 bridgehead atoms. The van der Waals surface area contributed by atoms with E-state index < -0.39 is 0 Å². The lowest BCUT2D eigenvalue weighted by Gasteiger charge is -2.13. The first-order valence-corrected chi connectivity index (χ1v) is 9.31. The number of carbonyl (C=O) groups excluding carboxylic acids is 1. The van der Waals surface area contributed by atoms with Crippen LogP contribution >= 0.6 is 34.7 Å². The summed E-state index contributed by atoms with van der Waals surface area (Å²) < 4.78 is 7.24. The van der Waals surface area contributed by atoms with E-state index in [4.69, 9.17) is 16.3 Å². The normalized spacial score (nSPS) is 12.1. The molecule has 0 saturated heterocycles. The fraction of sp³-hybridized carbons (Fsp3) is 0.176. The number of para-hydroxylation sites is 1. The van der Waals surface area contributed by atoms with Crippen molar-refractivity contribution in [3.8, 4) is 5.75 Å². The van der Waals surface area contributed by atoms with Crippen molar-refractivity contribution in [2.24, 2.45) is 0 Å². The van der Waals surface area contributed by atoms with Crippen molar-refractivity contribution in [3.63, 3.8) is 0 Å². The van der Waals surface area contributed by atoms with Gasteiger partial charge in [-0.25, -0.2) is 4.98 Å². The second kappa shape index (κ2) is 7.42. The summed E-state index contributed by atoms with van der Waals surface area (Å²) in [6.07, 6.45) is 0. The fourth-order valence-corrected chi connectivity index (χ4v) is 4.50. The molecule has 1 amide bonds. The highest BCUT2D eigenvalue weighted by molar-refractivity contribution is 8.02. The number of ether oxygens (including phenoxy) is 1. The first kappa shape index (κ1) is 17.1. The molecule has 3 rings (SSSR count). The molecular weight excluding hydrogens is 364 g/mol. The molecule has 0 spiro atoms. The zero-order valence-electron chi connectivity index (χ0n) is 13.1. The average molecular weight is 379 g/mol. The van der Waals surface area contributed by atoms with Crippen molar-refractivity contribution in [1.82, 2.24) is 4.98 Å². The number of nitrogens with zero attached hydrogens (tertiary/aromatic N) is 1. The fourth-order valence-electron chi connectivity index (χ4n) is 2.12. The minimum absolute atomic E-state index is 0.125. The molecule has 1 heterocycles. The van der Waals surface area contributed by atoms with Crippen LogP contribution in [0.15, 0.2) is 46.8 Å². The third-order valence-corrected chi connectivity index (χ3v) is 5.81. The van der Waals surface area contributed by atoms with Crippen LogP contribution < -0.4 is 10.1 Å². The summed E-state index contributed by atoms with van der Waals surface area (Å²) in [5.74, 6) is 0.449. The number of methoxy groups -OCH3 is 1. The van der Waals surface area contributed by atoms with Crippen molar-refractivity contribution in [2.75, 3.05) is 12.4 Å². The smallest absolute Gasteiger partial charge is 0.237 e. The van der Waals surface area contributed by atoms with E-state index in [9.17, 15) is 4.79 Å². The summed E-state index contributed by atoms with van der Waals surface area (Å²) in [7, 11) is 1.55. The molecule has 1 unspecified atom stereocenters. The van der Waals surface area contributed by atoms with Gasteiger partial charge in [-0.15, -0.1) is 11.3 Å². The number of hydrogen-bond donors (Lipinski definition) is 1. The molecule has 0 saturated carbocycles. The van der Waals surface area contributed by atoms with E-state index in [1.165, 1.54) is 11.8 Å². The predicted molar refractivity (Wildman–Crippen MR) is 102 cm³/mol. The Morgan fingerprint density at radius 1 is 1.33 bits per heavy atom. The molecule has 2 aromatic carbocycles. The molecule has 1 atom stereocenters. The molecule has 0 fully saturated rings. The Kier molecular flexibility index (Phi) is 5.28. The Balaban J connectivity index is 1.71. The minimum Gasteiger partial charge on any atom is -0.495 e. The van der Waals surface area contributed by atoms with E-state index in [1.54, 1.807) is 36.6 Å². The van der Waals surface area contributed by atoms with Gasteiger partial charge in [0.1, 0.15) is 5.75 Å². The summed E-state index contributed by atoms with van der Waals surface area (Å²) in [5, 5.41) is 3.11. The summed E-state index contributed by atoms with van der Waals surface area (Å²) in [5.41, 5.74) is 1.51. The van der Waals surface area contributed by atoms with E-state index in [1.807, 2.05) is 31.2 Å². The number of nitrogens with one attached hydrogen (secondary N) is 1. The lowest BCUT2D eigenvalue weighted by atomic mass is 10.3. The number of carbonyl (C=O) groups is 1. The van der Waals surface area contributed by atoms with Crippen LogP contribution in [0.5, 0.6) is 5.75 Å². The predicted octanol–water partition coefficient (Wildman–Crippen LogP) is 5.08. The van der Waals surface area contributed by atoms with Gasteiger partial charge in [0.05, 0.1) is 28.3 Å². The van der Waals surface area contributed by atoms with Gasteiger partial charge in [-0.2, -0.15) is 0 Å².